The van der Waals surface area contributed by atoms with Gasteiger partial charge in [-0.2, -0.15) is 0 Å². The Bertz CT molecular complexity index is 4130. The number of nitro benzene ring substituents is 1. The molecule has 0 spiro atoms. The molecule has 0 radical (unpaired) electrons. The third-order valence-electron chi connectivity index (χ3n) is 11.9. The summed E-state index contributed by atoms with van der Waals surface area (Å²) in [5.74, 6) is -8.11. The molecule has 0 aliphatic rings. The van der Waals surface area contributed by atoms with Crippen molar-refractivity contribution in [2.45, 2.75) is 25.2 Å². The number of ether oxygens (including phenoxy) is 1. The number of carboxylic acid groups (broad SMARTS) is 7. The number of aromatic carboxylic acids is 4. The standard InChI is InChI=1S/C20H12O4.C15H9BrN2O2.C12H10O3S.C9H7NO4.C5H8FNO4/c21-19(22)17-14-8-4-3-7-13(14)16-12-6-2-1-5-11(12)9-10-15(16)18(17)20(23)24;16-10-1-2-13-11(7-10)12(15(19)20)8-14(18-13)9-3-5-17-6-4-9;13-12(14)11-10(6-7-16-11)15-8-9-4-2-1-3-5-9;11-9(12)6-3-7-1-4-8(5-2-7)10(13)14;6-2(4(8)9)1-3(7)5(10)11/h1-10H,(H,21,22)(H,23,24);1-8H,(H,19,20);1-7H,8H2,(H,13,14);1-6H,(H,11,12);2-3H,1,7H2,(H,8,9)(H,10,11)/t;;;;2?,3-/m....0/s1. The molecule has 7 aromatic carbocycles. The van der Waals surface area contributed by atoms with E-state index in [1.54, 1.807) is 72.4 Å². The number of pyridine rings is 2. The van der Waals surface area contributed by atoms with Crippen molar-refractivity contribution in [1.82, 2.24) is 9.97 Å². The lowest BCUT2D eigenvalue weighted by Gasteiger charge is -2.14. The molecule has 3 aromatic heterocycles. The van der Waals surface area contributed by atoms with Crippen LogP contribution in [0, 0.1) is 10.1 Å². The highest BCUT2D eigenvalue weighted by molar-refractivity contribution is 9.10. The van der Waals surface area contributed by atoms with Gasteiger partial charge in [0.2, 0.25) is 0 Å². The van der Waals surface area contributed by atoms with Crippen LogP contribution in [0.2, 0.25) is 0 Å². The summed E-state index contributed by atoms with van der Waals surface area (Å²) < 4.78 is 18.5. The Balaban J connectivity index is 0.000000175. The van der Waals surface area contributed by atoms with Crippen LogP contribution >= 0.6 is 27.3 Å². The minimum absolute atomic E-state index is 0.0162. The first-order valence-electron chi connectivity index (χ1n) is 24.6. The van der Waals surface area contributed by atoms with Gasteiger partial charge in [-0.15, -0.1) is 11.3 Å². The number of halogens is 2. The van der Waals surface area contributed by atoms with Crippen molar-refractivity contribution in [3.8, 4) is 17.0 Å². The number of fused-ring (bicyclic) bond motifs is 6. The zero-order chi connectivity index (χ0) is 61.9. The third-order valence-corrected chi connectivity index (χ3v) is 13.3. The van der Waals surface area contributed by atoms with E-state index in [-0.39, 0.29) is 27.3 Å². The monoisotopic (exact) mass is 1240 g/mol. The van der Waals surface area contributed by atoms with Gasteiger partial charge in [-0.05, 0) is 109 Å². The molecular weight excluding hydrogens is 1190 g/mol. The number of benzene rings is 7. The van der Waals surface area contributed by atoms with Crippen LogP contribution in [0.25, 0.3) is 60.6 Å². The first-order chi connectivity index (χ1) is 40.6. The number of non-ortho nitro benzene ring substituents is 1. The number of rotatable bonds is 15. The lowest BCUT2D eigenvalue weighted by molar-refractivity contribution is -0.384. The minimum Gasteiger partial charge on any atom is -0.487 e. The predicted octanol–water partition coefficient (Wildman–Crippen LogP) is 12.2. The normalized spacial score (nSPS) is 11.2. The van der Waals surface area contributed by atoms with Gasteiger partial charge in [0, 0.05) is 52.4 Å². The Hall–Kier alpha value is -10.8. The molecule has 0 amide bonds. The molecule has 0 fully saturated rings. The second-order valence-corrected chi connectivity index (χ2v) is 19.4. The summed E-state index contributed by atoms with van der Waals surface area (Å²) in [6, 6.07) is 44.3. The van der Waals surface area contributed by atoms with Crippen molar-refractivity contribution in [3.05, 3.63) is 229 Å². The summed E-state index contributed by atoms with van der Waals surface area (Å²) in [4.78, 5) is 94.4. The molecule has 21 nitrogen and oxygen atoms in total. The molecule has 10 rings (SSSR count). The smallest absolute Gasteiger partial charge is 0.349 e. The van der Waals surface area contributed by atoms with E-state index in [4.69, 9.17) is 30.9 Å². The number of nitrogens with two attached hydrogens (primary N) is 1. The number of aromatic nitrogens is 2. The maximum Gasteiger partial charge on any atom is 0.349 e. The van der Waals surface area contributed by atoms with Gasteiger partial charge in [-0.25, -0.2) is 38.1 Å². The Kier molecular flexibility index (Phi) is 22.2. The lowest BCUT2D eigenvalue weighted by atomic mass is 9.89. The maximum absolute atomic E-state index is 12.2. The van der Waals surface area contributed by atoms with Gasteiger partial charge in [0.1, 0.15) is 18.4 Å². The van der Waals surface area contributed by atoms with Crippen LogP contribution in [-0.4, -0.2) is 105 Å². The number of hydrogen-bond donors (Lipinski definition) is 8. The molecule has 85 heavy (non-hydrogen) atoms. The van der Waals surface area contributed by atoms with E-state index < -0.39 is 65.3 Å². The molecule has 2 atom stereocenters. The number of nitrogens with zero attached hydrogens (tertiary/aromatic N) is 3. The van der Waals surface area contributed by atoms with Crippen molar-refractivity contribution >= 4 is 124 Å². The molecule has 9 N–H and O–H groups in total. The molecule has 0 aliphatic carbocycles. The highest BCUT2D eigenvalue weighted by atomic mass is 79.9. The van der Waals surface area contributed by atoms with Crippen LogP contribution in [0.3, 0.4) is 0 Å². The number of alkyl halides is 1. The molecule has 1 unspecified atom stereocenters. The molecule has 0 bridgehead atoms. The van der Waals surface area contributed by atoms with Gasteiger partial charge in [-0.1, -0.05) is 107 Å². The van der Waals surface area contributed by atoms with Gasteiger partial charge in [0.25, 0.3) is 5.69 Å². The largest absolute Gasteiger partial charge is 0.487 e. The topological polar surface area (TPSA) is 365 Å². The number of aliphatic carboxylic acids is 3. The summed E-state index contributed by atoms with van der Waals surface area (Å²) >= 11 is 4.52. The minimum atomic E-state index is -2.21. The molecule has 24 heteroatoms. The fourth-order valence-electron chi connectivity index (χ4n) is 8.05. The average Bonchev–Trinajstić information content (AvgIpc) is 1.59. The van der Waals surface area contributed by atoms with Gasteiger partial charge < -0.3 is 46.2 Å². The van der Waals surface area contributed by atoms with Crippen molar-refractivity contribution in [3.63, 3.8) is 0 Å². The molecule has 3 heterocycles. The Labute approximate surface area is 491 Å². The Morgan fingerprint density at radius 3 is 1.86 bits per heavy atom. The van der Waals surface area contributed by atoms with E-state index in [9.17, 15) is 63.4 Å². The summed E-state index contributed by atoms with van der Waals surface area (Å²) in [6.07, 6.45) is 2.74. The third kappa shape index (κ3) is 17.1. The summed E-state index contributed by atoms with van der Waals surface area (Å²) in [5, 5.41) is 78.9. The van der Waals surface area contributed by atoms with Crippen molar-refractivity contribution in [2.24, 2.45) is 5.73 Å². The molecular formula is C61H46BrFN4O17S. The molecule has 0 aliphatic heterocycles. The summed E-state index contributed by atoms with van der Waals surface area (Å²) in [6.45, 7) is 0.387. The first kappa shape index (κ1) is 63.4. The van der Waals surface area contributed by atoms with Crippen LogP contribution in [0.5, 0.6) is 5.75 Å². The van der Waals surface area contributed by atoms with Crippen LogP contribution in [0.4, 0.5) is 10.1 Å². The van der Waals surface area contributed by atoms with Gasteiger partial charge in [0.05, 0.1) is 32.8 Å². The molecule has 0 saturated carbocycles. The highest BCUT2D eigenvalue weighted by Crippen LogP contribution is 2.38. The molecule has 0 saturated heterocycles. The van der Waals surface area contributed by atoms with Crippen LogP contribution in [0.1, 0.15) is 58.3 Å². The lowest BCUT2D eigenvalue weighted by Crippen LogP contribution is -2.35. The number of carbonyl (C=O) groups is 7. The average molecular weight is 1240 g/mol. The van der Waals surface area contributed by atoms with E-state index in [0.29, 0.717) is 45.3 Å². The zero-order valence-corrected chi connectivity index (χ0v) is 46.2. The van der Waals surface area contributed by atoms with E-state index in [1.165, 1.54) is 41.7 Å². The van der Waals surface area contributed by atoms with Gasteiger partial charge >= 0.3 is 41.8 Å². The predicted molar refractivity (Wildman–Crippen MR) is 317 cm³/mol. The SMILES string of the molecule is N[C@@H](CC(F)C(=O)O)C(=O)O.O=C(O)C=Cc1ccc([N+](=O)[O-])cc1.O=C(O)c1c(C(=O)O)c2ccc3ccccc3c2c2ccccc12.O=C(O)c1cc(-c2ccncc2)nc2ccc(Br)cc12.O=C(O)c1sccc1OCc1ccccc1. The van der Waals surface area contributed by atoms with E-state index in [2.05, 4.69) is 25.9 Å². The van der Waals surface area contributed by atoms with E-state index in [0.717, 1.165) is 43.2 Å². The van der Waals surface area contributed by atoms with Gasteiger partial charge in [-0.3, -0.25) is 19.9 Å². The second-order valence-electron chi connectivity index (χ2n) is 17.6. The summed E-state index contributed by atoms with van der Waals surface area (Å²) in [5.41, 5.74) is 8.49. The summed E-state index contributed by atoms with van der Waals surface area (Å²) in [7, 11) is 0. The molecule has 10 aromatic rings. The van der Waals surface area contributed by atoms with E-state index in [1.807, 2.05) is 78.9 Å². The number of hydrogen-bond acceptors (Lipinski definition) is 14. The number of thiophene rings is 1. The Morgan fingerprint density at radius 1 is 0.659 bits per heavy atom. The fraction of sp³-hybridized carbons (Fsp3) is 0.0656. The highest BCUT2D eigenvalue weighted by Gasteiger charge is 2.25. The number of carboxylic acids is 7. The van der Waals surface area contributed by atoms with Crippen LogP contribution in [-0.2, 0) is 21.0 Å². The number of nitro groups is 1. The zero-order valence-electron chi connectivity index (χ0n) is 43.8. The van der Waals surface area contributed by atoms with E-state index >= 15 is 0 Å². The fourth-order valence-corrected chi connectivity index (χ4v) is 9.08. The quantitative estimate of drug-likeness (QED) is 0.0204. The van der Waals surface area contributed by atoms with Crippen molar-refractivity contribution in [2.75, 3.05) is 0 Å². The Morgan fingerprint density at radius 2 is 1.27 bits per heavy atom. The molecule has 432 valence electrons. The van der Waals surface area contributed by atoms with Crippen molar-refractivity contribution < 1.29 is 83.4 Å². The van der Waals surface area contributed by atoms with Crippen LogP contribution in [0.15, 0.2) is 186 Å². The first-order valence-corrected chi connectivity index (χ1v) is 26.3. The maximum atomic E-state index is 12.2. The van der Waals surface area contributed by atoms with Crippen molar-refractivity contribution in [1.29, 1.82) is 0 Å². The second kappa shape index (κ2) is 29.8. The van der Waals surface area contributed by atoms with Gasteiger partial charge in [0.15, 0.2) is 11.0 Å². The van der Waals surface area contributed by atoms with Crippen LogP contribution < -0.4 is 10.5 Å².